The van der Waals surface area contributed by atoms with Gasteiger partial charge in [0.05, 0.1) is 10.6 Å². The van der Waals surface area contributed by atoms with Crippen molar-refractivity contribution in [2.75, 3.05) is 13.1 Å². The van der Waals surface area contributed by atoms with Crippen molar-refractivity contribution in [2.45, 2.75) is 63.8 Å². The Hall–Kier alpha value is -2.94. The Bertz CT molecular complexity index is 969. The minimum atomic E-state index is -0.605. The maximum atomic E-state index is 12.2. The molecular formula is C23H30ClN5O4. The average Bonchev–Trinajstić information content (AvgIpc) is 3.15. The largest absolute Gasteiger partial charge is 0.354 e. The standard InChI is InChI=1S/C23H30ClN5O4/c1-16(30)28-23(12-6-2-3-7-13-23)22-27-20(33-29-22)11-10-19(31)25-14-15-26-21(32)17-8-4-5-9-18(17)24/h4-5,8-9H,2-3,6-7,10-15H2,1H3,(H,25,31)(H,26,32)(H,28,30). The van der Waals surface area contributed by atoms with Crippen LogP contribution in [0.4, 0.5) is 0 Å². The van der Waals surface area contributed by atoms with Gasteiger partial charge >= 0.3 is 0 Å². The summed E-state index contributed by atoms with van der Waals surface area (Å²) in [6.45, 7) is 2.06. The molecule has 1 aromatic heterocycles. The number of rotatable bonds is 9. The second-order valence-electron chi connectivity index (χ2n) is 8.27. The molecule has 0 bridgehead atoms. The summed E-state index contributed by atoms with van der Waals surface area (Å²) in [6.07, 6.45) is 6.21. The highest BCUT2D eigenvalue weighted by Gasteiger charge is 2.38. The van der Waals surface area contributed by atoms with Crippen LogP contribution in [-0.2, 0) is 21.5 Å². The predicted molar refractivity (Wildman–Crippen MR) is 123 cm³/mol. The number of aryl methyl sites for hydroxylation is 1. The highest BCUT2D eigenvalue weighted by molar-refractivity contribution is 6.33. The van der Waals surface area contributed by atoms with Crippen LogP contribution in [-0.4, -0.2) is 41.0 Å². The molecule has 1 fully saturated rings. The summed E-state index contributed by atoms with van der Waals surface area (Å²) in [6, 6.07) is 6.77. The Morgan fingerprint density at radius 3 is 2.45 bits per heavy atom. The van der Waals surface area contributed by atoms with Crippen molar-refractivity contribution in [2.24, 2.45) is 0 Å². The fraction of sp³-hybridized carbons (Fsp3) is 0.522. The molecule has 9 nitrogen and oxygen atoms in total. The van der Waals surface area contributed by atoms with Gasteiger partial charge in [-0.3, -0.25) is 14.4 Å². The van der Waals surface area contributed by atoms with Gasteiger partial charge in [0.1, 0.15) is 5.54 Å². The summed E-state index contributed by atoms with van der Waals surface area (Å²) in [5.41, 5.74) is -0.213. The SMILES string of the molecule is CC(=O)NC1(c2noc(CCC(=O)NCCNC(=O)c3ccccc3Cl)n2)CCCCCC1. The number of halogens is 1. The lowest BCUT2D eigenvalue weighted by Gasteiger charge is -2.30. The first kappa shape index (κ1) is 24.7. The molecule has 1 heterocycles. The Morgan fingerprint density at radius 2 is 1.76 bits per heavy atom. The smallest absolute Gasteiger partial charge is 0.252 e. The van der Waals surface area contributed by atoms with Crippen molar-refractivity contribution < 1.29 is 18.9 Å². The van der Waals surface area contributed by atoms with Gasteiger partial charge in [0.2, 0.25) is 17.7 Å². The third-order valence-corrected chi connectivity index (χ3v) is 6.02. The molecular weight excluding hydrogens is 446 g/mol. The van der Waals surface area contributed by atoms with Gasteiger partial charge < -0.3 is 20.5 Å². The molecule has 2 aromatic rings. The number of carbonyl (C=O) groups is 3. The number of nitrogens with zero attached hydrogens (tertiary/aromatic N) is 2. The van der Waals surface area contributed by atoms with Crippen molar-refractivity contribution >= 4 is 29.3 Å². The topological polar surface area (TPSA) is 126 Å². The highest BCUT2D eigenvalue weighted by atomic mass is 35.5. The van der Waals surface area contributed by atoms with Crippen LogP contribution in [0.2, 0.25) is 5.02 Å². The van der Waals surface area contributed by atoms with Gasteiger partial charge in [-0.15, -0.1) is 0 Å². The maximum Gasteiger partial charge on any atom is 0.252 e. The number of nitrogens with one attached hydrogen (secondary N) is 3. The van der Waals surface area contributed by atoms with Gasteiger partial charge in [0.25, 0.3) is 5.91 Å². The number of aromatic nitrogens is 2. The monoisotopic (exact) mass is 475 g/mol. The molecule has 1 aliphatic rings. The molecule has 1 aromatic carbocycles. The van der Waals surface area contributed by atoms with E-state index in [9.17, 15) is 14.4 Å². The fourth-order valence-electron chi connectivity index (χ4n) is 4.05. The van der Waals surface area contributed by atoms with Crippen LogP contribution in [0.3, 0.4) is 0 Å². The highest BCUT2D eigenvalue weighted by Crippen LogP contribution is 2.34. The van der Waals surface area contributed by atoms with E-state index in [1.54, 1.807) is 24.3 Å². The molecule has 0 spiro atoms. The summed E-state index contributed by atoms with van der Waals surface area (Å²) in [5, 5.41) is 13.0. The first-order chi connectivity index (χ1) is 15.9. The van der Waals surface area contributed by atoms with Gasteiger partial charge in [0, 0.05) is 32.9 Å². The van der Waals surface area contributed by atoms with Crippen LogP contribution >= 0.6 is 11.6 Å². The molecule has 3 rings (SSSR count). The lowest BCUT2D eigenvalue weighted by atomic mass is 9.89. The zero-order valence-corrected chi connectivity index (χ0v) is 19.5. The first-order valence-electron chi connectivity index (χ1n) is 11.3. The molecule has 0 aliphatic heterocycles. The summed E-state index contributed by atoms with van der Waals surface area (Å²) < 4.78 is 5.37. The predicted octanol–water partition coefficient (Wildman–Crippen LogP) is 2.89. The van der Waals surface area contributed by atoms with E-state index < -0.39 is 5.54 Å². The van der Waals surface area contributed by atoms with Crippen LogP contribution in [0, 0.1) is 0 Å². The van der Waals surface area contributed by atoms with Crippen molar-refractivity contribution in [1.82, 2.24) is 26.1 Å². The summed E-state index contributed by atoms with van der Waals surface area (Å²) >= 11 is 6.00. The molecule has 178 valence electrons. The van der Waals surface area contributed by atoms with Crippen LogP contribution in [0.1, 0.15) is 73.9 Å². The number of hydrogen-bond acceptors (Lipinski definition) is 6. The quantitative estimate of drug-likeness (QED) is 0.378. The van der Waals surface area contributed by atoms with E-state index in [4.69, 9.17) is 16.1 Å². The summed E-state index contributed by atoms with van der Waals surface area (Å²) in [7, 11) is 0. The molecule has 0 radical (unpaired) electrons. The molecule has 3 N–H and O–H groups in total. The van der Waals surface area contributed by atoms with E-state index >= 15 is 0 Å². The molecule has 3 amide bonds. The lowest BCUT2D eigenvalue weighted by molar-refractivity contribution is -0.122. The first-order valence-corrected chi connectivity index (χ1v) is 11.7. The molecule has 1 saturated carbocycles. The van der Waals surface area contributed by atoms with Gasteiger partial charge in [-0.2, -0.15) is 4.98 Å². The average molecular weight is 476 g/mol. The maximum absolute atomic E-state index is 12.2. The Morgan fingerprint density at radius 1 is 1.06 bits per heavy atom. The van der Waals surface area contributed by atoms with E-state index in [2.05, 4.69) is 26.1 Å². The van der Waals surface area contributed by atoms with Gasteiger partial charge in [-0.25, -0.2) is 0 Å². The third kappa shape index (κ3) is 7.02. The minimum absolute atomic E-state index is 0.121. The summed E-state index contributed by atoms with van der Waals surface area (Å²) in [4.78, 5) is 40.6. The van der Waals surface area contributed by atoms with Crippen molar-refractivity contribution in [3.63, 3.8) is 0 Å². The van der Waals surface area contributed by atoms with Gasteiger partial charge in [0.15, 0.2) is 5.82 Å². The molecule has 1 aliphatic carbocycles. The van der Waals surface area contributed by atoms with Crippen LogP contribution in [0.5, 0.6) is 0 Å². The second-order valence-corrected chi connectivity index (χ2v) is 8.68. The Kier molecular flexibility index (Phi) is 8.82. The number of hydrogen-bond donors (Lipinski definition) is 3. The second kappa shape index (κ2) is 11.8. The Labute approximate surface area is 198 Å². The molecule has 0 unspecified atom stereocenters. The van der Waals surface area contributed by atoms with Crippen molar-refractivity contribution in [3.05, 3.63) is 46.6 Å². The number of benzene rings is 1. The minimum Gasteiger partial charge on any atom is -0.354 e. The number of amides is 3. The van der Waals surface area contributed by atoms with Crippen molar-refractivity contribution in [1.29, 1.82) is 0 Å². The van der Waals surface area contributed by atoms with Crippen LogP contribution in [0.15, 0.2) is 28.8 Å². The van der Waals surface area contributed by atoms with Crippen LogP contribution < -0.4 is 16.0 Å². The zero-order chi connectivity index (χ0) is 23.7. The van der Waals surface area contributed by atoms with Gasteiger partial charge in [-0.1, -0.05) is 54.6 Å². The lowest BCUT2D eigenvalue weighted by Crippen LogP contribution is -2.45. The zero-order valence-electron chi connectivity index (χ0n) is 18.8. The van der Waals surface area contributed by atoms with Gasteiger partial charge in [-0.05, 0) is 25.0 Å². The van der Waals surface area contributed by atoms with E-state index in [1.807, 2.05) is 0 Å². The molecule has 0 saturated heterocycles. The fourth-order valence-corrected chi connectivity index (χ4v) is 4.27. The molecule has 10 heteroatoms. The summed E-state index contributed by atoms with van der Waals surface area (Å²) in [5.74, 6) is 0.246. The van der Waals surface area contributed by atoms with E-state index in [0.29, 0.717) is 28.7 Å². The van der Waals surface area contributed by atoms with Crippen molar-refractivity contribution in [3.8, 4) is 0 Å². The normalized spacial score (nSPS) is 15.3. The third-order valence-electron chi connectivity index (χ3n) is 5.69. The Balaban J connectivity index is 1.44. The van der Waals surface area contributed by atoms with E-state index in [-0.39, 0.29) is 37.2 Å². The molecule has 0 atom stereocenters. The molecule has 33 heavy (non-hydrogen) atoms. The van der Waals surface area contributed by atoms with E-state index in [0.717, 1.165) is 38.5 Å². The van der Waals surface area contributed by atoms with Crippen LogP contribution in [0.25, 0.3) is 0 Å². The number of carbonyl (C=O) groups excluding carboxylic acids is 3. The van der Waals surface area contributed by atoms with E-state index in [1.165, 1.54) is 6.92 Å².